The van der Waals surface area contributed by atoms with Crippen molar-refractivity contribution in [1.29, 1.82) is 0 Å². The number of carbonyl (C=O) groups excluding carboxylic acids is 9. The minimum Gasteiger partial charge on any atom is -0.480 e. The van der Waals surface area contributed by atoms with Crippen molar-refractivity contribution in [3.8, 4) is 0 Å². The molecule has 2 rings (SSSR count). The van der Waals surface area contributed by atoms with Crippen LogP contribution in [0.3, 0.4) is 0 Å². The Morgan fingerprint density at radius 2 is 1.36 bits per heavy atom. The second-order valence-corrected chi connectivity index (χ2v) is 19.4. The highest BCUT2D eigenvalue weighted by molar-refractivity contribution is 8.00. The summed E-state index contributed by atoms with van der Waals surface area (Å²) in [6.07, 6.45) is -2.97. The lowest BCUT2D eigenvalue weighted by atomic mass is 9.97. The second-order valence-electron chi connectivity index (χ2n) is 18.4. The summed E-state index contributed by atoms with van der Waals surface area (Å²) in [5, 5.41) is 53.6. The molecule has 20 N–H and O–H groups in total. The number of fused-ring (bicyclic) bond motifs is 1. The number of β-lactam (4-membered cyclic amide) rings is 1. The molecule has 0 bridgehead atoms. The number of carboxylic acids is 2. The van der Waals surface area contributed by atoms with Crippen LogP contribution in [0.15, 0.2) is 11.3 Å². The van der Waals surface area contributed by atoms with Gasteiger partial charge in [-0.05, 0) is 63.5 Å². The summed E-state index contributed by atoms with van der Waals surface area (Å²) >= 11 is 0.981. The van der Waals surface area contributed by atoms with Crippen molar-refractivity contribution in [2.45, 2.75) is 145 Å². The second kappa shape index (κ2) is 30.5. The Hall–Kier alpha value is -5.86. The van der Waals surface area contributed by atoms with Gasteiger partial charge in [-0.2, -0.15) is 0 Å². The van der Waals surface area contributed by atoms with Crippen molar-refractivity contribution in [2.24, 2.45) is 40.5 Å². The number of nitrogens with one attached hydrogen (secondary N) is 6. The van der Waals surface area contributed by atoms with Gasteiger partial charge in [-0.25, -0.2) is 4.79 Å². The van der Waals surface area contributed by atoms with Gasteiger partial charge in [0.2, 0.25) is 41.4 Å². The number of methoxy groups -OCH3 is 1. The van der Waals surface area contributed by atoms with Crippen LogP contribution in [0.2, 0.25) is 0 Å². The van der Waals surface area contributed by atoms with E-state index in [0.717, 1.165) is 23.8 Å². The van der Waals surface area contributed by atoms with Crippen LogP contribution in [0, 0.1) is 11.8 Å². The zero-order valence-corrected chi connectivity index (χ0v) is 42.9. The number of aliphatic carboxylic acids is 2. The lowest BCUT2D eigenvalue weighted by molar-refractivity contribution is -0.192. The van der Waals surface area contributed by atoms with Crippen LogP contribution in [0.4, 0.5) is 0 Å². The van der Waals surface area contributed by atoms with Gasteiger partial charge < -0.3 is 79.8 Å². The number of esters is 1. The highest BCUT2D eigenvalue weighted by atomic mass is 32.2. The van der Waals surface area contributed by atoms with Gasteiger partial charge >= 0.3 is 17.9 Å². The molecular weight excluding hydrogens is 1000 g/mol. The molecule has 0 radical (unpaired) electrons. The van der Waals surface area contributed by atoms with E-state index in [4.69, 9.17) is 43.2 Å². The van der Waals surface area contributed by atoms with Gasteiger partial charge in [-0.1, -0.05) is 27.7 Å². The van der Waals surface area contributed by atoms with Gasteiger partial charge in [-0.15, -0.1) is 11.8 Å². The molecule has 2 aliphatic rings. The Labute approximate surface area is 431 Å². The molecule has 30 heteroatoms. The van der Waals surface area contributed by atoms with E-state index in [2.05, 4.69) is 31.9 Å². The number of rotatable bonds is 34. The lowest BCUT2D eigenvalue weighted by Crippen LogP contribution is -2.80. The monoisotopic (exact) mass is 1070 g/mol. The zero-order chi connectivity index (χ0) is 56.2. The number of carboxylic acid groups (broad SMARTS) is 2. The fraction of sp³-hybridized carbons (Fsp3) is 0.705. The molecule has 0 aromatic heterocycles. The van der Waals surface area contributed by atoms with Crippen LogP contribution in [-0.4, -0.2) is 189 Å². The molecule has 1 fully saturated rings. The number of aliphatic hydroxyl groups is 2. The number of aliphatic hydroxyl groups excluding tert-OH is 2. The first-order chi connectivity index (χ1) is 34.7. The summed E-state index contributed by atoms with van der Waals surface area (Å²) in [4.78, 5) is 143. The smallest absolute Gasteiger partial charge is 0.352 e. The SMILES string of the molecule is CO[C@@]1(NC(=O)CCC[C@@H](N)C(=O)O)C(=O)N2C(C(=O)O)=C(COC(=O)CC(O)C(CC(N)=O)N[C@H](C(=O)NC(=O)[C@H](CCCN)NC(=O)[C@@H](NC(=O)[C@H](CCCN)NC(=O)[C@@H](N)CO)C(C)C)C(C)C)CS[C@@H]21. The number of thioether (sulfide) groups is 1. The fourth-order valence-electron chi connectivity index (χ4n) is 7.67. The average Bonchev–Trinajstić information content (AvgIpc) is 3.33. The van der Waals surface area contributed by atoms with Gasteiger partial charge in [0.15, 0.2) is 0 Å². The van der Waals surface area contributed by atoms with Crippen LogP contribution >= 0.6 is 11.8 Å². The minimum atomic E-state index is -1.97. The molecule has 0 aliphatic carbocycles. The minimum absolute atomic E-state index is 0.0336. The molecular formula is C44H74N12O17S. The number of hydrogen-bond donors (Lipinski definition) is 15. The first-order valence-electron chi connectivity index (χ1n) is 23.9. The molecule has 0 aromatic rings. The summed E-state index contributed by atoms with van der Waals surface area (Å²) in [5.41, 5.74) is 25.3. The number of primary amides is 1. The van der Waals surface area contributed by atoms with Crippen molar-refractivity contribution in [2.75, 3.05) is 39.2 Å². The Kier molecular flexibility index (Phi) is 26.5. The van der Waals surface area contributed by atoms with E-state index in [-0.39, 0.29) is 62.9 Å². The van der Waals surface area contributed by atoms with Crippen molar-refractivity contribution in [3.05, 3.63) is 11.3 Å². The molecule has 0 spiro atoms. The number of hydrogen-bond acceptors (Lipinski definition) is 21. The predicted molar refractivity (Wildman–Crippen MR) is 261 cm³/mol. The van der Waals surface area contributed by atoms with Crippen molar-refractivity contribution >= 4 is 76.9 Å². The van der Waals surface area contributed by atoms with E-state index in [1.54, 1.807) is 27.7 Å². The number of nitrogens with zero attached hydrogens (tertiary/aromatic N) is 1. The third-order valence-electron chi connectivity index (χ3n) is 11.9. The normalized spacial score (nSPS) is 19.6. The Morgan fingerprint density at radius 1 is 0.784 bits per heavy atom. The molecule has 2 aliphatic heterocycles. The fourth-order valence-corrected chi connectivity index (χ4v) is 9.09. The Balaban J connectivity index is 2.20. The molecule has 8 amide bonds. The van der Waals surface area contributed by atoms with Gasteiger partial charge in [-0.3, -0.25) is 63.5 Å². The summed E-state index contributed by atoms with van der Waals surface area (Å²) in [5.74, 6) is -12.3. The molecule has 418 valence electrons. The highest BCUT2D eigenvalue weighted by Gasteiger charge is 2.66. The molecule has 10 atom stereocenters. The van der Waals surface area contributed by atoms with Gasteiger partial charge in [0, 0.05) is 37.3 Å². The van der Waals surface area contributed by atoms with E-state index >= 15 is 0 Å². The van der Waals surface area contributed by atoms with Crippen LogP contribution in [0.25, 0.3) is 0 Å². The van der Waals surface area contributed by atoms with Crippen molar-refractivity contribution < 1.29 is 82.6 Å². The third kappa shape index (κ3) is 18.2. The number of amides is 8. The summed E-state index contributed by atoms with van der Waals surface area (Å²) in [7, 11) is 1.13. The number of imide groups is 1. The van der Waals surface area contributed by atoms with Crippen LogP contribution in [-0.2, 0) is 62.2 Å². The van der Waals surface area contributed by atoms with Gasteiger partial charge in [0.05, 0.1) is 25.2 Å². The maximum absolute atomic E-state index is 13.8. The molecule has 0 saturated carbocycles. The highest BCUT2D eigenvalue weighted by Crippen LogP contribution is 2.46. The van der Waals surface area contributed by atoms with Crippen molar-refractivity contribution in [1.82, 2.24) is 36.8 Å². The van der Waals surface area contributed by atoms with E-state index in [1.807, 2.05) is 0 Å². The standard InChI is InChI=1S/C44H74N12O17S/c1-20(2)32(39(66)54-37(64)26(11-8-14-46)52-38(65)33(21(3)4)53-36(63)25(10-7-13-45)51-35(62)24(48)17-57)50-27(15-29(49)59)28(58)16-31(61)73-18-22-19-74-43-44(72-5,42(71)56(43)34(22)41(69)70)55-30(60)12-6-9-23(47)40(67)68/h20-21,23-28,32-33,43,50,57-58H,6-19,45-48H2,1-5H3,(H2,49,59)(H,51,62)(H,52,65)(H,53,63)(H,55,60)(H,67,68)(H,69,70)(H,54,64,66)/t23-,24+,25+,26+,27?,28?,32+,33+,43-,44+/m1/s1. The maximum atomic E-state index is 13.8. The molecule has 0 aromatic carbocycles. The molecule has 29 nitrogen and oxygen atoms in total. The van der Waals surface area contributed by atoms with E-state index in [9.17, 15) is 68.1 Å². The van der Waals surface area contributed by atoms with E-state index < -0.39 is 168 Å². The summed E-state index contributed by atoms with van der Waals surface area (Å²) in [6, 6.07) is -9.16. The van der Waals surface area contributed by atoms with Crippen LogP contribution in [0.1, 0.15) is 85.5 Å². The van der Waals surface area contributed by atoms with Crippen LogP contribution in [0.5, 0.6) is 0 Å². The molecule has 2 heterocycles. The lowest BCUT2D eigenvalue weighted by Gasteiger charge is -2.55. The first kappa shape index (κ1) is 64.3. The largest absolute Gasteiger partial charge is 0.480 e. The van der Waals surface area contributed by atoms with E-state index in [1.165, 1.54) is 0 Å². The summed E-state index contributed by atoms with van der Waals surface area (Å²) < 4.78 is 10.7. The molecule has 74 heavy (non-hydrogen) atoms. The topological polar surface area (TPSA) is 493 Å². The van der Waals surface area contributed by atoms with Gasteiger partial charge in [0.1, 0.15) is 47.9 Å². The average molecular weight is 1080 g/mol. The predicted octanol–water partition coefficient (Wildman–Crippen LogP) is -6.02. The quantitative estimate of drug-likeness (QED) is 0.0162. The van der Waals surface area contributed by atoms with Crippen LogP contribution < -0.4 is 60.6 Å². The zero-order valence-electron chi connectivity index (χ0n) is 42.1. The number of ether oxygens (including phenoxy) is 2. The Morgan fingerprint density at radius 3 is 1.88 bits per heavy atom. The number of nitrogens with two attached hydrogens (primary N) is 5. The summed E-state index contributed by atoms with van der Waals surface area (Å²) in [6.45, 7) is 5.19. The number of carbonyl (C=O) groups is 11. The Bertz CT molecular complexity index is 2080. The molecule has 2 unspecified atom stereocenters. The van der Waals surface area contributed by atoms with Crippen molar-refractivity contribution in [3.63, 3.8) is 0 Å². The van der Waals surface area contributed by atoms with E-state index in [0.29, 0.717) is 6.42 Å². The first-order valence-corrected chi connectivity index (χ1v) is 24.9. The third-order valence-corrected chi connectivity index (χ3v) is 13.3. The molecule has 1 saturated heterocycles. The van der Waals surface area contributed by atoms with Gasteiger partial charge in [0.25, 0.3) is 11.6 Å². The maximum Gasteiger partial charge on any atom is 0.352 e.